The third-order valence-corrected chi connectivity index (χ3v) is 4.78. The van der Waals surface area contributed by atoms with E-state index in [0.717, 1.165) is 0 Å². The van der Waals surface area contributed by atoms with Crippen LogP contribution in [0.25, 0.3) is 0 Å². The predicted molar refractivity (Wildman–Crippen MR) is 106 cm³/mol. The molecule has 0 aliphatic carbocycles. The van der Waals surface area contributed by atoms with E-state index in [9.17, 15) is 4.79 Å². The lowest BCUT2D eigenvalue weighted by Crippen LogP contribution is -2.54. The number of hydrogen-bond donors (Lipinski definition) is 2. The average Bonchev–Trinajstić information content (AvgIpc) is 2.90. The summed E-state index contributed by atoms with van der Waals surface area (Å²) in [6.45, 7) is 4.58. The zero-order valence-electron chi connectivity index (χ0n) is 12.0. The molecule has 2 amide bonds. The van der Waals surface area contributed by atoms with Crippen molar-refractivity contribution in [1.29, 1.82) is 0 Å². The zero-order valence-corrected chi connectivity index (χ0v) is 18.0. The highest BCUT2D eigenvalue weighted by atomic mass is 127. The lowest BCUT2D eigenvalue weighted by molar-refractivity contribution is -0.0535. The Morgan fingerprint density at radius 3 is 2.82 bits per heavy atom. The Bertz CT molecular complexity index is 394. The molecule has 0 aromatic carbocycles. The van der Waals surface area contributed by atoms with Gasteiger partial charge in [-0.15, -0.1) is 0 Å². The number of amides is 2. The molecule has 2 heterocycles. The highest BCUT2D eigenvalue weighted by molar-refractivity contribution is 14.2. The van der Waals surface area contributed by atoms with Gasteiger partial charge in [0.25, 0.3) is 0 Å². The summed E-state index contributed by atoms with van der Waals surface area (Å²) in [7, 11) is 2.49. The van der Waals surface area contributed by atoms with Crippen LogP contribution in [0.3, 0.4) is 0 Å². The summed E-state index contributed by atoms with van der Waals surface area (Å²) in [6.07, 6.45) is -0.186. The Hall–Kier alpha value is 0.780. The van der Waals surface area contributed by atoms with Crippen LogP contribution in [0.4, 0.5) is 4.79 Å². The largest absolute Gasteiger partial charge is 0.370 e. The molecule has 1 fully saturated rings. The van der Waals surface area contributed by atoms with Crippen molar-refractivity contribution in [1.82, 2.24) is 10.2 Å². The molecule has 12 heteroatoms. The molecule has 0 spiro atoms. The highest BCUT2D eigenvalue weighted by Crippen LogP contribution is 2.32. The standard InChI is InChI=1S/C8H12I2N4O4S2.C2H6/c9-19-16-2-5-4(18-20-10)1-6(17-5)14-3-12-7(11)13-8(14)15;1-2/h4-6H,1-3H2,(H3,11,12,13,15);1-2H3. The molecule has 22 heavy (non-hydrogen) atoms. The fourth-order valence-electron chi connectivity index (χ4n) is 1.94. The van der Waals surface area contributed by atoms with Crippen LogP contribution in [0.1, 0.15) is 20.3 Å². The summed E-state index contributed by atoms with van der Waals surface area (Å²) in [4.78, 5) is 17.3. The first-order valence-corrected chi connectivity index (χ1v) is 13.1. The Labute approximate surface area is 162 Å². The van der Waals surface area contributed by atoms with E-state index >= 15 is 0 Å². The number of nitrogens with zero attached hydrogens (tertiary/aromatic N) is 2. The quantitative estimate of drug-likeness (QED) is 0.371. The fourth-order valence-corrected chi connectivity index (χ4v) is 3.66. The van der Waals surface area contributed by atoms with Gasteiger partial charge < -0.3 is 14.7 Å². The van der Waals surface area contributed by atoms with Gasteiger partial charge in [-0.2, -0.15) is 0 Å². The third-order valence-electron chi connectivity index (χ3n) is 2.85. The van der Waals surface area contributed by atoms with Gasteiger partial charge in [0.2, 0.25) is 0 Å². The molecule has 3 unspecified atom stereocenters. The summed E-state index contributed by atoms with van der Waals surface area (Å²) in [6, 6.07) is -0.312. The number of carbonyl (C=O) groups is 1. The Morgan fingerprint density at radius 1 is 1.50 bits per heavy atom. The van der Waals surface area contributed by atoms with Gasteiger partial charge in [0, 0.05) is 48.8 Å². The van der Waals surface area contributed by atoms with Crippen LogP contribution in [0, 0.1) is 0 Å². The number of nitrogens with two attached hydrogens (primary N) is 1. The second-order valence-corrected chi connectivity index (χ2v) is 6.83. The van der Waals surface area contributed by atoms with Crippen molar-refractivity contribution in [3.63, 3.8) is 0 Å². The van der Waals surface area contributed by atoms with Gasteiger partial charge in [-0.05, 0) is 0 Å². The van der Waals surface area contributed by atoms with E-state index in [0.29, 0.717) is 13.0 Å². The molecule has 8 nitrogen and oxygen atoms in total. The first-order chi connectivity index (χ1) is 10.7. The number of aliphatic imine (C=N–C) groups is 1. The molecule has 2 rings (SSSR count). The maximum Gasteiger partial charge on any atom is 0.327 e. The minimum Gasteiger partial charge on any atom is -0.370 e. The fraction of sp³-hybridized carbons (Fsp3) is 0.800. The molecule has 0 radical (unpaired) electrons. The minimum absolute atomic E-state index is 0.126. The first kappa shape index (κ1) is 20.8. The van der Waals surface area contributed by atoms with Gasteiger partial charge in [0.15, 0.2) is 5.96 Å². The van der Waals surface area contributed by atoms with Crippen molar-refractivity contribution < 1.29 is 17.9 Å². The van der Waals surface area contributed by atoms with Gasteiger partial charge in [-0.1, -0.05) is 13.8 Å². The molecule has 2 aliphatic rings. The van der Waals surface area contributed by atoms with E-state index < -0.39 is 6.23 Å². The number of urea groups is 1. The lowest BCUT2D eigenvalue weighted by Gasteiger charge is -2.29. The van der Waals surface area contributed by atoms with Crippen molar-refractivity contribution >= 4 is 72.8 Å². The number of ether oxygens (including phenoxy) is 1. The molecule has 0 aromatic heterocycles. The van der Waals surface area contributed by atoms with Crippen LogP contribution in [0.2, 0.25) is 0 Å². The molecule has 3 atom stereocenters. The number of hydrogen-bond acceptors (Lipinski definition) is 8. The molecule has 2 aliphatic heterocycles. The molecule has 0 aromatic rings. The van der Waals surface area contributed by atoms with Crippen molar-refractivity contribution in [3.05, 3.63) is 0 Å². The summed E-state index contributed by atoms with van der Waals surface area (Å²) in [5.41, 5.74) is 5.45. The maximum absolute atomic E-state index is 11.9. The van der Waals surface area contributed by atoms with Crippen LogP contribution in [-0.4, -0.2) is 48.6 Å². The van der Waals surface area contributed by atoms with Crippen LogP contribution in [0.5, 0.6) is 0 Å². The monoisotopic (exact) mass is 576 g/mol. The average molecular weight is 576 g/mol. The van der Waals surface area contributed by atoms with Crippen LogP contribution >= 0.6 is 60.8 Å². The second kappa shape index (κ2) is 11.4. The molecule has 128 valence electrons. The number of rotatable bonds is 6. The zero-order chi connectivity index (χ0) is 16.5. The van der Waals surface area contributed by atoms with Crippen LogP contribution in [0.15, 0.2) is 4.99 Å². The van der Waals surface area contributed by atoms with Gasteiger partial charge in [0.1, 0.15) is 25.1 Å². The molecule has 1 saturated heterocycles. The van der Waals surface area contributed by atoms with Crippen LogP contribution < -0.4 is 11.1 Å². The second-order valence-electron chi connectivity index (χ2n) is 3.99. The topological polar surface area (TPSA) is 98.4 Å². The van der Waals surface area contributed by atoms with E-state index in [-0.39, 0.29) is 30.9 Å². The van der Waals surface area contributed by atoms with Gasteiger partial charge in [-0.25, -0.2) is 9.79 Å². The highest BCUT2D eigenvalue weighted by Gasteiger charge is 2.42. The third kappa shape index (κ3) is 6.01. The van der Waals surface area contributed by atoms with Gasteiger partial charge >= 0.3 is 6.03 Å². The van der Waals surface area contributed by atoms with Crippen LogP contribution in [-0.2, 0) is 13.1 Å². The minimum atomic E-state index is -0.395. The van der Waals surface area contributed by atoms with Crippen molar-refractivity contribution in [2.75, 3.05) is 13.3 Å². The predicted octanol–water partition coefficient (Wildman–Crippen LogP) is 2.82. The number of carbonyl (C=O) groups excluding carboxylic acids is 1. The molecule has 3 N–H and O–H groups in total. The summed E-state index contributed by atoms with van der Waals surface area (Å²) in [5, 5.41) is 2.46. The molecular weight excluding hydrogens is 558 g/mol. The summed E-state index contributed by atoms with van der Waals surface area (Å²) >= 11 is 4.09. The molecule has 0 bridgehead atoms. The van der Waals surface area contributed by atoms with Crippen molar-refractivity contribution in [2.24, 2.45) is 10.7 Å². The smallest absolute Gasteiger partial charge is 0.327 e. The van der Waals surface area contributed by atoms with E-state index in [2.05, 4.69) is 31.5 Å². The van der Waals surface area contributed by atoms with E-state index in [1.54, 1.807) is 0 Å². The SMILES string of the molecule is CC.NC1=NCN(C2CC(OSI)C(COSI)O2)C(=O)N1. The Morgan fingerprint density at radius 2 is 2.23 bits per heavy atom. The van der Waals surface area contributed by atoms with Crippen molar-refractivity contribution in [3.8, 4) is 0 Å². The number of guanidine groups is 1. The molecular formula is C10H18I2N4O4S2. The van der Waals surface area contributed by atoms with E-state index in [1.807, 2.05) is 35.1 Å². The van der Waals surface area contributed by atoms with Gasteiger partial charge in [0.05, 0.1) is 25.0 Å². The van der Waals surface area contributed by atoms with Gasteiger partial charge in [-0.3, -0.25) is 14.4 Å². The van der Waals surface area contributed by atoms with E-state index in [4.69, 9.17) is 18.8 Å². The first-order valence-electron chi connectivity index (χ1n) is 6.53. The lowest BCUT2D eigenvalue weighted by atomic mass is 10.2. The maximum atomic E-state index is 11.9. The van der Waals surface area contributed by atoms with E-state index in [1.165, 1.54) is 23.3 Å². The summed E-state index contributed by atoms with van der Waals surface area (Å²) in [5.74, 6) is 0.126. The summed E-state index contributed by atoms with van der Waals surface area (Å²) < 4.78 is 16.7. The normalized spacial score (nSPS) is 27.8. The van der Waals surface area contributed by atoms with Crippen molar-refractivity contribution in [2.45, 2.75) is 38.7 Å². The Balaban J connectivity index is 0.00000116. The number of nitrogens with one attached hydrogen (secondary N) is 1. The number of halogens is 2. The Kier molecular flexibility index (Phi) is 10.7. The molecule has 0 saturated carbocycles.